The van der Waals surface area contributed by atoms with Gasteiger partial charge in [0, 0.05) is 43.9 Å². The third kappa shape index (κ3) is 3.81. The van der Waals surface area contributed by atoms with E-state index in [2.05, 4.69) is 9.97 Å². The molecule has 1 aliphatic rings. The second kappa shape index (κ2) is 6.82. The van der Waals surface area contributed by atoms with Crippen molar-refractivity contribution in [2.24, 2.45) is 0 Å². The first kappa shape index (κ1) is 17.4. The van der Waals surface area contributed by atoms with E-state index < -0.39 is 11.7 Å². The Kier molecular flexibility index (Phi) is 4.74. The number of alkyl halides is 3. The summed E-state index contributed by atoms with van der Waals surface area (Å²) in [6.45, 7) is 2.82. The number of benzene rings is 1. The summed E-state index contributed by atoms with van der Waals surface area (Å²) >= 11 is 0. The molecule has 0 bridgehead atoms. The van der Waals surface area contributed by atoms with Crippen molar-refractivity contribution in [3.8, 4) is 11.3 Å². The Morgan fingerprint density at radius 3 is 2.48 bits per heavy atom. The van der Waals surface area contributed by atoms with E-state index in [9.17, 15) is 18.0 Å². The van der Waals surface area contributed by atoms with Crippen LogP contribution in [0.25, 0.3) is 11.3 Å². The van der Waals surface area contributed by atoms with Crippen LogP contribution in [0.1, 0.15) is 36.9 Å². The molecule has 0 unspecified atom stereocenters. The zero-order chi connectivity index (χ0) is 18.0. The van der Waals surface area contributed by atoms with E-state index in [4.69, 9.17) is 0 Å². The Balaban J connectivity index is 1.92. The minimum Gasteiger partial charge on any atom is -0.342 e. The highest BCUT2D eigenvalue weighted by Crippen LogP contribution is 2.34. The molecule has 1 aromatic carbocycles. The summed E-state index contributed by atoms with van der Waals surface area (Å²) in [5.41, 5.74) is 1.21. The fourth-order valence-corrected chi connectivity index (χ4v) is 3.17. The second-order valence-electron chi connectivity index (χ2n) is 6.17. The molecule has 1 saturated heterocycles. The minimum absolute atomic E-state index is 0.0182. The fourth-order valence-electron chi connectivity index (χ4n) is 3.17. The molecule has 1 atom stereocenters. The average Bonchev–Trinajstić information content (AvgIpc) is 2.61. The first-order valence-corrected chi connectivity index (χ1v) is 8.10. The molecule has 1 fully saturated rings. The summed E-state index contributed by atoms with van der Waals surface area (Å²) in [4.78, 5) is 22.2. The van der Waals surface area contributed by atoms with Crippen molar-refractivity contribution in [3.63, 3.8) is 0 Å². The number of hydrogen-bond donors (Lipinski definition) is 0. The Bertz CT molecular complexity index is 759. The Morgan fingerprint density at radius 2 is 1.84 bits per heavy atom. The summed E-state index contributed by atoms with van der Waals surface area (Å²) in [6, 6.07) is 4.94. The molecule has 7 heteroatoms. The first-order chi connectivity index (χ1) is 11.9. The van der Waals surface area contributed by atoms with Crippen LogP contribution in [0.3, 0.4) is 0 Å². The van der Waals surface area contributed by atoms with Crippen LogP contribution >= 0.6 is 0 Å². The van der Waals surface area contributed by atoms with Crippen LogP contribution in [0.15, 0.2) is 36.7 Å². The van der Waals surface area contributed by atoms with Gasteiger partial charge in [0.05, 0.1) is 17.0 Å². The van der Waals surface area contributed by atoms with E-state index in [1.54, 1.807) is 11.1 Å². The molecule has 132 valence electrons. The first-order valence-electron chi connectivity index (χ1n) is 8.10. The molecule has 25 heavy (non-hydrogen) atoms. The normalized spacial score (nSPS) is 18.2. The molecule has 1 amide bonds. The lowest BCUT2D eigenvalue weighted by Crippen LogP contribution is -2.38. The number of amides is 1. The lowest BCUT2D eigenvalue weighted by atomic mass is 9.91. The van der Waals surface area contributed by atoms with Crippen LogP contribution in [-0.4, -0.2) is 33.9 Å². The van der Waals surface area contributed by atoms with E-state index in [0.717, 1.165) is 37.2 Å². The Morgan fingerprint density at radius 1 is 1.16 bits per heavy atom. The molecule has 1 aliphatic heterocycles. The van der Waals surface area contributed by atoms with Crippen LogP contribution in [0.4, 0.5) is 13.2 Å². The molecule has 4 nitrogen and oxygen atoms in total. The number of carbonyl (C=O) groups excluding carboxylic acids is 1. The molecule has 2 aromatic rings. The van der Waals surface area contributed by atoms with Gasteiger partial charge in [-0.3, -0.25) is 14.8 Å². The average molecular weight is 349 g/mol. The van der Waals surface area contributed by atoms with E-state index in [1.807, 2.05) is 0 Å². The van der Waals surface area contributed by atoms with Crippen LogP contribution in [0, 0.1) is 0 Å². The zero-order valence-electron chi connectivity index (χ0n) is 13.8. The molecule has 2 heterocycles. The maximum Gasteiger partial charge on any atom is 0.416 e. The number of hydrogen-bond acceptors (Lipinski definition) is 3. The molecular formula is C18H18F3N3O. The summed E-state index contributed by atoms with van der Waals surface area (Å²) in [7, 11) is 0. The minimum atomic E-state index is -4.37. The fraction of sp³-hybridized carbons (Fsp3) is 0.389. The Hall–Kier alpha value is -2.44. The molecule has 0 spiro atoms. The number of aromatic nitrogens is 2. The maximum atomic E-state index is 12.7. The van der Waals surface area contributed by atoms with Gasteiger partial charge in [0.25, 0.3) is 0 Å². The second-order valence-corrected chi connectivity index (χ2v) is 6.17. The van der Waals surface area contributed by atoms with Crippen LogP contribution in [-0.2, 0) is 11.0 Å². The predicted octanol–water partition coefficient (Wildman–Crippen LogP) is 3.89. The van der Waals surface area contributed by atoms with Crippen LogP contribution in [0.2, 0.25) is 0 Å². The molecule has 1 aromatic heterocycles. The van der Waals surface area contributed by atoms with E-state index in [0.29, 0.717) is 17.8 Å². The smallest absolute Gasteiger partial charge is 0.342 e. The van der Waals surface area contributed by atoms with Gasteiger partial charge < -0.3 is 4.90 Å². The molecular weight excluding hydrogens is 331 g/mol. The molecule has 3 rings (SSSR count). The Labute approximate surface area is 143 Å². The number of likely N-dealkylation sites (tertiary alicyclic amines) is 1. The van der Waals surface area contributed by atoms with E-state index >= 15 is 0 Å². The predicted molar refractivity (Wildman–Crippen MR) is 86.7 cm³/mol. The van der Waals surface area contributed by atoms with Crippen molar-refractivity contribution in [3.05, 3.63) is 47.9 Å². The summed E-state index contributed by atoms with van der Waals surface area (Å²) in [5.74, 6) is 0.0494. The van der Waals surface area contributed by atoms with Gasteiger partial charge in [-0.15, -0.1) is 0 Å². The third-order valence-corrected chi connectivity index (χ3v) is 4.47. The van der Waals surface area contributed by atoms with Gasteiger partial charge >= 0.3 is 6.18 Å². The van der Waals surface area contributed by atoms with Crippen molar-refractivity contribution in [2.75, 3.05) is 13.1 Å². The van der Waals surface area contributed by atoms with E-state index in [-0.39, 0.29) is 11.8 Å². The zero-order valence-corrected chi connectivity index (χ0v) is 13.8. The van der Waals surface area contributed by atoms with Gasteiger partial charge in [0.15, 0.2) is 0 Å². The number of halogens is 3. The van der Waals surface area contributed by atoms with Crippen molar-refractivity contribution < 1.29 is 18.0 Å². The van der Waals surface area contributed by atoms with Crippen molar-refractivity contribution in [1.29, 1.82) is 0 Å². The van der Waals surface area contributed by atoms with Gasteiger partial charge in [-0.1, -0.05) is 12.1 Å². The third-order valence-electron chi connectivity index (χ3n) is 4.47. The largest absolute Gasteiger partial charge is 0.416 e. The van der Waals surface area contributed by atoms with Gasteiger partial charge in [0.2, 0.25) is 5.91 Å². The summed E-state index contributed by atoms with van der Waals surface area (Å²) in [6.07, 6.45) is 0.482. The quantitative estimate of drug-likeness (QED) is 0.826. The number of carbonyl (C=O) groups is 1. The lowest BCUT2D eigenvalue weighted by molar-refractivity contribution is -0.137. The molecule has 0 saturated carbocycles. The highest BCUT2D eigenvalue weighted by atomic mass is 19.4. The SMILES string of the molecule is CC(=O)N1CCC[C@@H](c2nccnc2-c2ccc(C(F)(F)F)cc2)C1. The van der Waals surface area contributed by atoms with Crippen molar-refractivity contribution >= 4 is 5.91 Å². The monoisotopic (exact) mass is 349 g/mol. The molecule has 0 aliphatic carbocycles. The van der Waals surface area contributed by atoms with Gasteiger partial charge in [-0.25, -0.2) is 0 Å². The van der Waals surface area contributed by atoms with Crippen molar-refractivity contribution in [2.45, 2.75) is 31.9 Å². The standard InChI is InChI=1S/C18H18F3N3O/c1-12(25)24-10-2-3-14(11-24)17-16(22-8-9-23-17)13-4-6-15(7-5-13)18(19,20)21/h4-9,14H,2-3,10-11H2,1H3/t14-/m1/s1. The van der Waals surface area contributed by atoms with Gasteiger partial charge in [0.1, 0.15) is 0 Å². The number of rotatable bonds is 2. The summed E-state index contributed by atoms with van der Waals surface area (Å²) < 4.78 is 38.2. The highest BCUT2D eigenvalue weighted by molar-refractivity contribution is 5.73. The van der Waals surface area contributed by atoms with Crippen molar-refractivity contribution in [1.82, 2.24) is 14.9 Å². The van der Waals surface area contributed by atoms with Gasteiger partial charge in [-0.05, 0) is 25.0 Å². The number of nitrogens with zero attached hydrogens (tertiary/aromatic N) is 3. The van der Waals surface area contributed by atoms with Crippen LogP contribution < -0.4 is 0 Å². The highest BCUT2D eigenvalue weighted by Gasteiger charge is 2.31. The van der Waals surface area contributed by atoms with Gasteiger partial charge in [-0.2, -0.15) is 13.2 Å². The maximum absolute atomic E-state index is 12.7. The summed E-state index contributed by atoms with van der Waals surface area (Å²) in [5, 5.41) is 0. The molecule has 0 N–H and O–H groups in total. The lowest BCUT2D eigenvalue weighted by Gasteiger charge is -2.32. The molecule has 0 radical (unpaired) electrons. The van der Waals surface area contributed by atoms with E-state index in [1.165, 1.54) is 25.3 Å². The topological polar surface area (TPSA) is 46.1 Å². The number of piperidine rings is 1. The van der Waals surface area contributed by atoms with Crippen LogP contribution in [0.5, 0.6) is 0 Å².